The summed E-state index contributed by atoms with van der Waals surface area (Å²) in [5.74, 6) is -1.67. The van der Waals surface area contributed by atoms with E-state index < -0.39 is 17.7 Å². The van der Waals surface area contributed by atoms with Crippen molar-refractivity contribution in [3.63, 3.8) is 0 Å². The average molecular weight is 242 g/mol. The number of likely N-dealkylation sites (N-methyl/N-ethyl adjacent to an activating group) is 1. The fourth-order valence-corrected chi connectivity index (χ4v) is 1.76. The lowest BCUT2D eigenvalue weighted by atomic mass is 10.1. The molecule has 1 aromatic carbocycles. The molecule has 0 aliphatic carbocycles. The summed E-state index contributed by atoms with van der Waals surface area (Å²) in [5.41, 5.74) is 6.13. The summed E-state index contributed by atoms with van der Waals surface area (Å²) in [6, 6.07) is 3.63. The number of halogens is 2. The molecule has 0 saturated heterocycles. The van der Waals surface area contributed by atoms with Crippen LogP contribution >= 0.6 is 0 Å². The summed E-state index contributed by atoms with van der Waals surface area (Å²) in [7, 11) is 1.94. The Hall–Kier alpha value is -1.00. The summed E-state index contributed by atoms with van der Waals surface area (Å²) in [5, 5.41) is 0. The molecule has 2 nitrogen and oxygen atoms in total. The molecule has 0 saturated carbocycles. The van der Waals surface area contributed by atoms with Crippen LogP contribution in [0.1, 0.15) is 31.4 Å². The second-order valence-corrected chi connectivity index (χ2v) is 4.37. The third-order valence-electron chi connectivity index (χ3n) is 2.78. The van der Waals surface area contributed by atoms with Crippen molar-refractivity contribution in [1.82, 2.24) is 4.90 Å². The van der Waals surface area contributed by atoms with E-state index in [1.165, 1.54) is 12.1 Å². The van der Waals surface area contributed by atoms with Crippen molar-refractivity contribution in [2.24, 2.45) is 5.73 Å². The van der Waals surface area contributed by atoms with Crippen LogP contribution in [0.15, 0.2) is 18.2 Å². The van der Waals surface area contributed by atoms with Crippen LogP contribution in [0, 0.1) is 11.6 Å². The van der Waals surface area contributed by atoms with E-state index in [0.717, 1.165) is 25.5 Å². The SMILES string of the molecule is CCCCN(C)CC(N)c1cccc(F)c1F. The highest BCUT2D eigenvalue weighted by Crippen LogP contribution is 2.18. The Kier molecular flexibility index (Phi) is 5.51. The molecule has 0 spiro atoms. The van der Waals surface area contributed by atoms with Crippen molar-refractivity contribution < 1.29 is 8.78 Å². The number of rotatable bonds is 6. The quantitative estimate of drug-likeness (QED) is 0.831. The molecule has 0 heterocycles. The highest BCUT2D eigenvalue weighted by molar-refractivity contribution is 5.22. The molecule has 0 fully saturated rings. The molecule has 0 aromatic heterocycles. The number of nitrogens with zero attached hydrogens (tertiary/aromatic N) is 1. The largest absolute Gasteiger partial charge is 0.323 e. The van der Waals surface area contributed by atoms with E-state index in [2.05, 4.69) is 6.92 Å². The van der Waals surface area contributed by atoms with Gasteiger partial charge in [0.05, 0.1) is 0 Å². The molecule has 0 aliphatic rings. The topological polar surface area (TPSA) is 29.3 Å². The smallest absolute Gasteiger partial charge is 0.163 e. The van der Waals surface area contributed by atoms with Crippen molar-refractivity contribution in [3.8, 4) is 0 Å². The van der Waals surface area contributed by atoms with Crippen molar-refractivity contribution in [2.75, 3.05) is 20.1 Å². The lowest BCUT2D eigenvalue weighted by Gasteiger charge is -2.21. The van der Waals surface area contributed by atoms with Crippen LogP contribution in [-0.2, 0) is 0 Å². The van der Waals surface area contributed by atoms with Crippen LogP contribution in [0.3, 0.4) is 0 Å². The van der Waals surface area contributed by atoms with Gasteiger partial charge in [-0.25, -0.2) is 8.78 Å². The van der Waals surface area contributed by atoms with E-state index in [-0.39, 0.29) is 5.56 Å². The molecular formula is C13H20F2N2. The molecule has 1 rings (SSSR count). The summed E-state index contributed by atoms with van der Waals surface area (Å²) >= 11 is 0. The number of hydrogen-bond donors (Lipinski definition) is 1. The van der Waals surface area contributed by atoms with Crippen LogP contribution in [0.5, 0.6) is 0 Å². The first-order valence-corrected chi connectivity index (χ1v) is 5.94. The predicted octanol–water partition coefficient (Wildman–Crippen LogP) is 2.70. The van der Waals surface area contributed by atoms with Crippen LogP contribution < -0.4 is 5.73 Å². The zero-order chi connectivity index (χ0) is 12.8. The number of nitrogens with two attached hydrogens (primary N) is 1. The maximum Gasteiger partial charge on any atom is 0.163 e. The third-order valence-corrected chi connectivity index (χ3v) is 2.78. The molecule has 1 unspecified atom stereocenters. The van der Waals surface area contributed by atoms with Gasteiger partial charge in [0.2, 0.25) is 0 Å². The average Bonchev–Trinajstić information content (AvgIpc) is 2.29. The van der Waals surface area contributed by atoms with Gasteiger partial charge in [0.25, 0.3) is 0 Å². The number of hydrogen-bond acceptors (Lipinski definition) is 2. The lowest BCUT2D eigenvalue weighted by Crippen LogP contribution is -2.30. The molecule has 0 aliphatic heterocycles. The van der Waals surface area contributed by atoms with Crippen LogP contribution in [0.4, 0.5) is 8.78 Å². The summed E-state index contributed by atoms with van der Waals surface area (Å²) in [4.78, 5) is 2.04. The van der Waals surface area contributed by atoms with E-state index in [1.54, 1.807) is 0 Å². The van der Waals surface area contributed by atoms with Gasteiger partial charge in [-0.3, -0.25) is 0 Å². The van der Waals surface area contributed by atoms with Gasteiger partial charge in [0.15, 0.2) is 11.6 Å². The molecular weight excluding hydrogens is 222 g/mol. The van der Waals surface area contributed by atoms with Gasteiger partial charge < -0.3 is 10.6 Å². The van der Waals surface area contributed by atoms with Gasteiger partial charge in [-0.15, -0.1) is 0 Å². The van der Waals surface area contributed by atoms with Crippen LogP contribution in [0.25, 0.3) is 0 Å². The second kappa shape index (κ2) is 6.67. The lowest BCUT2D eigenvalue weighted by molar-refractivity contribution is 0.304. The highest BCUT2D eigenvalue weighted by atomic mass is 19.2. The van der Waals surface area contributed by atoms with Gasteiger partial charge in [-0.05, 0) is 26.1 Å². The summed E-state index contributed by atoms with van der Waals surface area (Å²) < 4.78 is 26.5. The minimum atomic E-state index is -0.839. The van der Waals surface area contributed by atoms with E-state index in [4.69, 9.17) is 5.73 Å². The number of benzene rings is 1. The maximum absolute atomic E-state index is 13.5. The Bertz CT molecular complexity index is 355. The van der Waals surface area contributed by atoms with Crippen molar-refractivity contribution in [1.29, 1.82) is 0 Å². The van der Waals surface area contributed by atoms with Crippen LogP contribution in [0.2, 0.25) is 0 Å². The summed E-state index contributed by atoms with van der Waals surface area (Å²) in [6.45, 7) is 3.56. The van der Waals surface area contributed by atoms with Gasteiger partial charge >= 0.3 is 0 Å². The zero-order valence-electron chi connectivity index (χ0n) is 10.4. The van der Waals surface area contributed by atoms with E-state index in [9.17, 15) is 8.78 Å². The van der Waals surface area contributed by atoms with E-state index >= 15 is 0 Å². The van der Waals surface area contributed by atoms with E-state index in [1.807, 2.05) is 11.9 Å². The summed E-state index contributed by atoms with van der Waals surface area (Å²) in [6.07, 6.45) is 2.18. The molecule has 2 N–H and O–H groups in total. The molecule has 0 amide bonds. The first kappa shape index (κ1) is 14.1. The van der Waals surface area contributed by atoms with Crippen molar-refractivity contribution in [2.45, 2.75) is 25.8 Å². The third kappa shape index (κ3) is 4.06. The maximum atomic E-state index is 13.5. The molecule has 0 bridgehead atoms. The fourth-order valence-electron chi connectivity index (χ4n) is 1.76. The monoisotopic (exact) mass is 242 g/mol. The first-order valence-electron chi connectivity index (χ1n) is 5.94. The Morgan fingerprint density at radius 2 is 2.06 bits per heavy atom. The van der Waals surface area contributed by atoms with Crippen molar-refractivity contribution in [3.05, 3.63) is 35.4 Å². The highest BCUT2D eigenvalue weighted by Gasteiger charge is 2.15. The van der Waals surface area contributed by atoms with Crippen molar-refractivity contribution >= 4 is 0 Å². The zero-order valence-corrected chi connectivity index (χ0v) is 10.4. The normalized spacial score (nSPS) is 13.1. The Morgan fingerprint density at radius 1 is 1.35 bits per heavy atom. The fraction of sp³-hybridized carbons (Fsp3) is 0.538. The van der Waals surface area contributed by atoms with E-state index in [0.29, 0.717) is 6.54 Å². The van der Waals surface area contributed by atoms with Crippen LogP contribution in [-0.4, -0.2) is 25.0 Å². The Labute approximate surface area is 101 Å². The minimum Gasteiger partial charge on any atom is -0.323 e. The number of unbranched alkanes of at least 4 members (excludes halogenated alkanes) is 1. The Morgan fingerprint density at radius 3 is 2.71 bits per heavy atom. The van der Waals surface area contributed by atoms with Gasteiger partial charge in [0, 0.05) is 18.2 Å². The molecule has 1 atom stereocenters. The molecule has 96 valence electrons. The van der Waals surface area contributed by atoms with Gasteiger partial charge in [-0.1, -0.05) is 25.5 Å². The molecule has 17 heavy (non-hydrogen) atoms. The predicted molar refractivity (Wildman–Crippen MR) is 65.7 cm³/mol. The minimum absolute atomic E-state index is 0.244. The molecule has 0 radical (unpaired) electrons. The first-order chi connectivity index (χ1) is 8.06. The Balaban J connectivity index is 2.63. The molecule has 1 aromatic rings. The second-order valence-electron chi connectivity index (χ2n) is 4.37. The molecule has 4 heteroatoms. The van der Waals surface area contributed by atoms with Gasteiger partial charge in [0.1, 0.15) is 0 Å². The van der Waals surface area contributed by atoms with Gasteiger partial charge in [-0.2, -0.15) is 0 Å². The standard InChI is InChI=1S/C13H20F2N2/c1-3-4-8-17(2)9-12(16)10-6-5-7-11(14)13(10)15/h5-7,12H,3-4,8-9,16H2,1-2H3.